The molecule has 0 saturated carbocycles. The monoisotopic (exact) mass is 401 g/mol. The molecule has 8 heteroatoms. The SMILES string of the molecule is Cc1cc(C)n(CCCNC(=O)c2ccn(COc3ccc(Cl)cc3C)n2)n1. The molecule has 148 valence electrons. The van der Waals surface area contributed by atoms with E-state index >= 15 is 0 Å². The molecule has 3 rings (SSSR count). The first-order chi connectivity index (χ1) is 13.4. The highest BCUT2D eigenvalue weighted by Gasteiger charge is 2.10. The van der Waals surface area contributed by atoms with E-state index < -0.39 is 0 Å². The fourth-order valence-corrected chi connectivity index (χ4v) is 3.11. The quantitative estimate of drug-likeness (QED) is 0.586. The third kappa shape index (κ3) is 5.13. The summed E-state index contributed by atoms with van der Waals surface area (Å²) in [4.78, 5) is 12.2. The second kappa shape index (κ2) is 8.93. The first-order valence-electron chi connectivity index (χ1n) is 9.14. The standard InChI is InChI=1S/C20H24ClN5O2/c1-14-11-17(21)5-6-19(14)28-13-25-10-7-18(24-25)20(27)22-8-4-9-26-16(3)12-15(2)23-26/h5-7,10-12H,4,8-9,13H2,1-3H3,(H,22,27). The van der Waals surface area contributed by atoms with Crippen LogP contribution >= 0.6 is 11.6 Å². The maximum atomic E-state index is 12.2. The summed E-state index contributed by atoms with van der Waals surface area (Å²) in [6, 6.07) is 9.15. The van der Waals surface area contributed by atoms with Gasteiger partial charge in [0.05, 0.1) is 5.69 Å². The first-order valence-corrected chi connectivity index (χ1v) is 9.52. The molecule has 2 aromatic heterocycles. The van der Waals surface area contributed by atoms with Crippen molar-refractivity contribution in [2.24, 2.45) is 0 Å². The Hall–Kier alpha value is -2.80. The van der Waals surface area contributed by atoms with Gasteiger partial charge in [-0.1, -0.05) is 11.6 Å². The van der Waals surface area contributed by atoms with E-state index in [2.05, 4.69) is 15.5 Å². The Labute approximate surface area is 169 Å². The summed E-state index contributed by atoms with van der Waals surface area (Å²) >= 11 is 5.95. The van der Waals surface area contributed by atoms with Crippen LogP contribution in [0.4, 0.5) is 0 Å². The smallest absolute Gasteiger partial charge is 0.271 e. The number of aromatic nitrogens is 4. The van der Waals surface area contributed by atoms with Crippen LogP contribution in [-0.2, 0) is 13.3 Å². The predicted octanol–water partition coefficient (Wildman–Crippen LogP) is 3.51. The highest BCUT2D eigenvalue weighted by Crippen LogP contribution is 2.22. The number of rotatable bonds is 8. The summed E-state index contributed by atoms with van der Waals surface area (Å²) in [5.41, 5.74) is 3.43. The van der Waals surface area contributed by atoms with Crippen LogP contribution in [-0.4, -0.2) is 32.0 Å². The molecule has 0 saturated heterocycles. The lowest BCUT2D eigenvalue weighted by molar-refractivity contribution is 0.0945. The molecule has 7 nitrogen and oxygen atoms in total. The first kappa shape index (κ1) is 19.9. The molecule has 0 radical (unpaired) electrons. The number of halogens is 1. The van der Waals surface area contributed by atoms with E-state index in [1.807, 2.05) is 43.7 Å². The molecular weight excluding hydrogens is 378 g/mol. The molecular formula is C20H24ClN5O2. The third-order valence-electron chi connectivity index (χ3n) is 4.30. The average Bonchev–Trinajstić information content (AvgIpc) is 3.24. The Kier molecular flexibility index (Phi) is 6.36. The van der Waals surface area contributed by atoms with Gasteiger partial charge in [-0.2, -0.15) is 10.2 Å². The normalized spacial score (nSPS) is 10.9. The maximum absolute atomic E-state index is 12.2. The van der Waals surface area contributed by atoms with Crippen LogP contribution in [0.15, 0.2) is 36.5 Å². The minimum absolute atomic E-state index is 0.199. The number of nitrogens with one attached hydrogen (secondary N) is 1. The second-order valence-corrected chi connectivity index (χ2v) is 7.12. The summed E-state index contributed by atoms with van der Waals surface area (Å²) in [6.07, 6.45) is 2.52. The van der Waals surface area contributed by atoms with Gasteiger partial charge in [-0.3, -0.25) is 9.48 Å². The fourth-order valence-electron chi connectivity index (χ4n) is 2.89. The van der Waals surface area contributed by atoms with Crippen LogP contribution in [0.5, 0.6) is 5.75 Å². The lowest BCUT2D eigenvalue weighted by Crippen LogP contribution is -2.26. The Bertz CT molecular complexity index is 963. The third-order valence-corrected chi connectivity index (χ3v) is 4.53. The van der Waals surface area contributed by atoms with Crippen LogP contribution in [0.2, 0.25) is 5.02 Å². The summed E-state index contributed by atoms with van der Waals surface area (Å²) < 4.78 is 9.26. The van der Waals surface area contributed by atoms with Crippen molar-refractivity contribution in [1.82, 2.24) is 24.9 Å². The van der Waals surface area contributed by atoms with E-state index in [4.69, 9.17) is 16.3 Å². The molecule has 0 aliphatic carbocycles. The summed E-state index contributed by atoms with van der Waals surface area (Å²) in [5, 5.41) is 12.2. The second-order valence-electron chi connectivity index (χ2n) is 6.68. The molecule has 2 heterocycles. The van der Waals surface area contributed by atoms with E-state index in [0.717, 1.165) is 35.7 Å². The number of aryl methyl sites for hydroxylation is 4. The number of nitrogens with zero attached hydrogens (tertiary/aromatic N) is 4. The number of hydrogen-bond acceptors (Lipinski definition) is 4. The van der Waals surface area contributed by atoms with E-state index in [9.17, 15) is 4.79 Å². The number of carbonyl (C=O) groups is 1. The largest absolute Gasteiger partial charge is 0.471 e. The average molecular weight is 402 g/mol. The Morgan fingerprint density at radius 1 is 1.18 bits per heavy atom. The molecule has 0 aliphatic rings. The van der Waals surface area contributed by atoms with Crippen molar-refractivity contribution >= 4 is 17.5 Å². The molecule has 28 heavy (non-hydrogen) atoms. The minimum Gasteiger partial charge on any atom is -0.471 e. The van der Waals surface area contributed by atoms with E-state index in [-0.39, 0.29) is 12.6 Å². The van der Waals surface area contributed by atoms with Gasteiger partial charge in [0.1, 0.15) is 11.4 Å². The van der Waals surface area contributed by atoms with Gasteiger partial charge in [-0.05, 0) is 63.1 Å². The van der Waals surface area contributed by atoms with Gasteiger partial charge in [0, 0.05) is 30.0 Å². The van der Waals surface area contributed by atoms with Gasteiger partial charge < -0.3 is 10.1 Å². The van der Waals surface area contributed by atoms with Crippen LogP contribution < -0.4 is 10.1 Å². The van der Waals surface area contributed by atoms with E-state index in [1.54, 1.807) is 23.0 Å². The van der Waals surface area contributed by atoms with Crippen LogP contribution in [0.1, 0.15) is 33.9 Å². The number of ether oxygens (including phenoxy) is 1. The number of benzene rings is 1. The maximum Gasteiger partial charge on any atom is 0.271 e. The Morgan fingerprint density at radius 2 is 2.00 bits per heavy atom. The molecule has 1 aromatic carbocycles. The number of hydrogen-bond donors (Lipinski definition) is 1. The lowest BCUT2D eigenvalue weighted by Gasteiger charge is -2.09. The van der Waals surface area contributed by atoms with Gasteiger partial charge in [0.15, 0.2) is 6.73 Å². The number of carbonyl (C=O) groups excluding carboxylic acids is 1. The van der Waals surface area contributed by atoms with Gasteiger partial charge >= 0.3 is 0 Å². The summed E-state index contributed by atoms with van der Waals surface area (Å²) in [6.45, 7) is 7.47. The van der Waals surface area contributed by atoms with Crippen molar-refractivity contribution in [3.63, 3.8) is 0 Å². The van der Waals surface area contributed by atoms with Gasteiger partial charge in [-0.15, -0.1) is 0 Å². The van der Waals surface area contributed by atoms with Crippen LogP contribution in [0.25, 0.3) is 0 Å². The summed E-state index contributed by atoms with van der Waals surface area (Å²) in [5.74, 6) is 0.532. The van der Waals surface area contributed by atoms with Crippen molar-refractivity contribution < 1.29 is 9.53 Å². The Balaban J connectivity index is 1.45. The van der Waals surface area contributed by atoms with Crippen LogP contribution in [0, 0.1) is 20.8 Å². The van der Waals surface area contributed by atoms with E-state index in [0.29, 0.717) is 17.3 Å². The van der Waals surface area contributed by atoms with Crippen molar-refractivity contribution in [3.8, 4) is 5.75 Å². The van der Waals surface area contributed by atoms with Crippen molar-refractivity contribution in [2.45, 2.75) is 40.5 Å². The van der Waals surface area contributed by atoms with Gasteiger partial charge in [-0.25, -0.2) is 4.68 Å². The molecule has 0 fully saturated rings. The van der Waals surface area contributed by atoms with Crippen molar-refractivity contribution in [1.29, 1.82) is 0 Å². The molecule has 1 N–H and O–H groups in total. The molecule has 0 atom stereocenters. The van der Waals surface area contributed by atoms with Crippen LogP contribution in [0.3, 0.4) is 0 Å². The number of amides is 1. The minimum atomic E-state index is -0.199. The zero-order valence-corrected chi connectivity index (χ0v) is 17.0. The predicted molar refractivity (Wildman–Crippen MR) is 108 cm³/mol. The van der Waals surface area contributed by atoms with Gasteiger partial charge in [0.2, 0.25) is 0 Å². The molecule has 3 aromatic rings. The fraction of sp³-hybridized carbons (Fsp3) is 0.350. The highest BCUT2D eigenvalue weighted by atomic mass is 35.5. The zero-order valence-electron chi connectivity index (χ0n) is 16.3. The molecule has 0 spiro atoms. The lowest BCUT2D eigenvalue weighted by atomic mass is 10.2. The molecule has 1 amide bonds. The van der Waals surface area contributed by atoms with Crippen molar-refractivity contribution in [2.75, 3.05) is 6.54 Å². The zero-order chi connectivity index (χ0) is 20.1. The topological polar surface area (TPSA) is 74.0 Å². The summed E-state index contributed by atoms with van der Waals surface area (Å²) in [7, 11) is 0. The molecule has 0 bridgehead atoms. The highest BCUT2D eigenvalue weighted by molar-refractivity contribution is 6.30. The molecule has 0 aliphatic heterocycles. The van der Waals surface area contributed by atoms with Crippen molar-refractivity contribution in [3.05, 3.63) is 64.2 Å². The Morgan fingerprint density at radius 3 is 2.71 bits per heavy atom. The van der Waals surface area contributed by atoms with Gasteiger partial charge in [0.25, 0.3) is 5.91 Å². The molecule has 0 unspecified atom stereocenters. The van der Waals surface area contributed by atoms with E-state index in [1.165, 1.54) is 0 Å².